The van der Waals surface area contributed by atoms with Crippen LogP contribution in [0.5, 0.6) is 5.75 Å². The van der Waals surface area contributed by atoms with Gasteiger partial charge in [-0.25, -0.2) is 0 Å². The van der Waals surface area contributed by atoms with E-state index in [1.165, 1.54) is 29.3 Å². The Kier molecular flexibility index (Phi) is 6.40. The fourth-order valence-electron chi connectivity index (χ4n) is 2.98. The van der Waals surface area contributed by atoms with Crippen LogP contribution in [0.4, 0.5) is 0 Å². The highest BCUT2D eigenvalue weighted by Gasteiger charge is 2.12. The summed E-state index contributed by atoms with van der Waals surface area (Å²) >= 11 is 1.47. The minimum absolute atomic E-state index is 0.0761. The maximum atomic E-state index is 12.1. The van der Waals surface area contributed by atoms with Crippen molar-refractivity contribution in [2.24, 2.45) is 0 Å². The van der Waals surface area contributed by atoms with Gasteiger partial charge in [0, 0.05) is 10.5 Å². The predicted molar refractivity (Wildman–Crippen MR) is 107 cm³/mol. The number of amides is 2. The summed E-state index contributed by atoms with van der Waals surface area (Å²) in [6.45, 7) is 3.88. The summed E-state index contributed by atoms with van der Waals surface area (Å²) in [5.41, 5.74) is 8.17. The summed E-state index contributed by atoms with van der Waals surface area (Å²) in [7, 11) is 0. The van der Waals surface area contributed by atoms with Crippen LogP contribution in [0.1, 0.15) is 41.8 Å². The Morgan fingerprint density at radius 3 is 2.52 bits per heavy atom. The Morgan fingerprint density at radius 1 is 1.04 bits per heavy atom. The molecule has 1 aliphatic rings. The number of rotatable bonds is 6. The summed E-state index contributed by atoms with van der Waals surface area (Å²) in [6.07, 6.45) is 3.55. The van der Waals surface area contributed by atoms with Gasteiger partial charge in [-0.15, -0.1) is 11.8 Å². The molecule has 2 N–H and O–H groups in total. The van der Waals surface area contributed by atoms with Crippen LogP contribution in [-0.4, -0.2) is 23.7 Å². The van der Waals surface area contributed by atoms with Gasteiger partial charge in [0.25, 0.3) is 5.91 Å². The lowest BCUT2D eigenvalue weighted by atomic mass is 10.1. The van der Waals surface area contributed by atoms with E-state index in [4.69, 9.17) is 4.74 Å². The van der Waals surface area contributed by atoms with Gasteiger partial charge in [-0.3, -0.25) is 20.4 Å². The van der Waals surface area contributed by atoms with Gasteiger partial charge >= 0.3 is 0 Å². The van der Waals surface area contributed by atoms with Gasteiger partial charge in [0.15, 0.2) is 0 Å². The van der Waals surface area contributed by atoms with Gasteiger partial charge in [-0.05, 0) is 80.6 Å². The highest BCUT2D eigenvalue weighted by molar-refractivity contribution is 8.00. The molecule has 0 bridgehead atoms. The molecule has 0 spiro atoms. The van der Waals surface area contributed by atoms with Gasteiger partial charge < -0.3 is 4.74 Å². The number of carbonyl (C=O) groups excluding carboxylic acids is 2. The van der Waals surface area contributed by atoms with E-state index in [9.17, 15) is 9.59 Å². The molecule has 2 aromatic rings. The number of thioether (sulfide) groups is 1. The summed E-state index contributed by atoms with van der Waals surface area (Å²) in [6, 6.07) is 13.2. The zero-order valence-corrected chi connectivity index (χ0v) is 16.4. The first-order chi connectivity index (χ1) is 13.0. The first-order valence-electron chi connectivity index (χ1n) is 9.12. The van der Waals surface area contributed by atoms with Crippen LogP contribution in [0.25, 0.3) is 0 Å². The normalized spacial score (nSPS) is 12.6. The van der Waals surface area contributed by atoms with E-state index < -0.39 is 0 Å². The van der Waals surface area contributed by atoms with Crippen molar-refractivity contribution in [3.8, 4) is 5.75 Å². The number of carbonyl (C=O) groups is 2. The molecule has 0 aromatic heterocycles. The molecule has 0 saturated heterocycles. The highest BCUT2D eigenvalue weighted by atomic mass is 32.2. The highest BCUT2D eigenvalue weighted by Crippen LogP contribution is 2.27. The smallest absolute Gasteiger partial charge is 0.269 e. The monoisotopic (exact) mass is 384 g/mol. The lowest BCUT2D eigenvalue weighted by Gasteiger charge is -2.11. The van der Waals surface area contributed by atoms with Crippen LogP contribution in [0.2, 0.25) is 0 Å². The van der Waals surface area contributed by atoms with E-state index in [1.807, 2.05) is 13.8 Å². The average molecular weight is 385 g/mol. The molecule has 6 heteroatoms. The van der Waals surface area contributed by atoms with Crippen molar-refractivity contribution in [1.29, 1.82) is 0 Å². The van der Waals surface area contributed by atoms with Gasteiger partial charge in [-0.2, -0.15) is 0 Å². The summed E-state index contributed by atoms with van der Waals surface area (Å²) < 4.78 is 5.54. The molecule has 0 heterocycles. The Bertz CT molecular complexity index is 819. The standard InChI is InChI=1S/C21H24N2O3S/c1-14(2)26-18-9-6-16(7-10-18)21(25)23-22-20(24)13-27-19-11-8-15-4-3-5-17(15)12-19/h6-12,14H,3-5,13H2,1-2H3,(H,22,24)(H,23,25). The van der Waals surface area contributed by atoms with Gasteiger partial charge in [0.05, 0.1) is 11.9 Å². The third kappa shape index (κ3) is 5.50. The molecule has 2 amide bonds. The number of nitrogens with one attached hydrogen (secondary N) is 2. The topological polar surface area (TPSA) is 67.4 Å². The molecule has 0 atom stereocenters. The molecule has 0 radical (unpaired) electrons. The van der Waals surface area contributed by atoms with E-state index in [2.05, 4.69) is 29.1 Å². The van der Waals surface area contributed by atoms with Crippen LogP contribution in [0, 0.1) is 0 Å². The van der Waals surface area contributed by atoms with Crippen LogP contribution in [0.15, 0.2) is 47.4 Å². The fraction of sp³-hybridized carbons (Fsp3) is 0.333. The molecule has 0 fully saturated rings. The quantitative estimate of drug-likeness (QED) is 0.591. The SMILES string of the molecule is CC(C)Oc1ccc(C(=O)NNC(=O)CSc2ccc3c(c2)CCC3)cc1. The Labute approximate surface area is 163 Å². The van der Waals surface area contributed by atoms with Crippen molar-refractivity contribution >= 4 is 23.6 Å². The number of hydrogen-bond acceptors (Lipinski definition) is 4. The lowest BCUT2D eigenvalue weighted by Crippen LogP contribution is -2.42. The van der Waals surface area contributed by atoms with Gasteiger partial charge in [0.2, 0.25) is 5.91 Å². The summed E-state index contributed by atoms with van der Waals surface area (Å²) in [5.74, 6) is 0.354. The van der Waals surface area contributed by atoms with E-state index in [0.717, 1.165) is 17.7 Å². The van der Waals surface area contributed by atoms with Crippen molar-refractivity contribution in [2.75, 3.05) is 5.75 Å². The van der Waals surface area contributed by atoms with Crippen molar-refractivity contribution in [2.45, 2.75) is 44.1 Å². The first-order valence-corrected chi connectivity index (χ1v) is 10.1. The third-order valence-electron chi connectivity index (χ3n) is 4.24. The minimum atomic E-state index is -0.359. The minimum Gasteiger partial charge on any atom is -0.491 e. The molecule has 0 unspecified atom stereocenters. The van der Waals surface area contributed by atoms with Gasteiger partial charge in [0.1, 0.15) is 5.75 Å². The molecular formula is C21H24N2O3S. The number of ether oxygens (including phenoxy) is 1. The maximum absolute atomic E-state index is 12.1. The molecule has 5 nitrogen and oxygen atoms in total. The third-order valence-corrected chi connectivity index (χ3v) is 5.24. The molecule has 142 valence electrons. The van der Waals surface area contributed by atoms with Crippen LogP contribution < -0.4 is 15.6 Å². The molecule has 27 heavy (non-hydrogen) atoms. The van der Waals surface area contributed by atoms with E-state index in [1.54, 1.807) is 24.3 Å². The summed E-state index contributed by atoms with van der Waals surface area (Å²) in [5, 5.41) is 0. The number of hydrogen-bond donors (Lipinski definition) is 2. The Balaban J connectivity index is 1.44. The number of fused-ring (bicyclic) bond motifs is 1. The predicted octanol–water partition coefficient (Wildman–Crippen LogP) is 3.52. The van der Waals surface area contributed by atoms with Crippen molar-refractivity contribution in [3.05, 3.63) is 59.2 Å². The van der Waals surface area contributed by atoms with Crippen LogP contribution in [0.3, 0.4) is 0 Å². The zero-order valence-electron chi connectivity index (χ0n) is 15.6. The van der Waals surface area contributed by atoms with Gasteiger partial charge in [-0.1, -0.05) is 6.07 Å². The Hall–Kier alpha value is -2.47. The lowest BCUT2D eigenvalue weighted by molar-refractivity contribution is -0.119. The summed E-state index contributed by atoms with van der Waals surface area (Å²) in [4.78, 5) is 25.2. The van der Waals surface area contributed by atoms with Crippen molar-refractivity contribution in [1.82, 2.24) is 10.9 Å². The first kappa shape index (κ1) is 19.3. The second-order valence-corrected chi connectivity index (χ2v) is 7.81. The average Bonchev–Trinajstić information content (AvgIpc) is 3.12. The number of hydrazine groups is 1. The van der Waals surface area contributed by atoms with E-state index in [-0.39, 0.29) is 23.7 Å². The van der Waals surface area contributed by atoms with Crippen molar-refractivity contribution in [3.63, 3.8) is 0 Å². The van der Waals surface area contributed by atoms with E-state index in [0.29, 0.717) is 11.3 Å². The maximum Gasteiger partial charge on any atom is 0.269 e. The number of aryl methyl sites for hydroxylation is 2. The second-order valence-electron chi connectivity index (χ2n) is 6.77. The molecular weight excluding hydrogens is 360 g/mol. The molecule has 0 saturated carbocycles. The molecule has 0 aliphatic heterocycles. The van der Waals surface area contributed by atoms with Crippen LogP contribution in [-0.2, 0) is 17.6 Å². The van der Waals surface area contributed by atoms with E-state index >= 15 is 0 Å². The van der Waals surface area contributed by atoms with Crippen molar-refractivity contribution < 1.29 is 14.3 Å². The second kappa shape index (κ2) is 8.95. The molecule has 1 aliphatic carbocycles. The number of benzene rings is 2. The van der Waals surface area contributed by atoms with Crippen LogP contribution >= 0.6 is 11.8 Å². The molecule has 2 aromatic carbocycles. The largest absolute Gasteiger partial charge is 0.491 e. The Morgan fingerprint density at radius 2 is 1.78 bits per heavy atom. The zero-order chi connectivity index (χ0) is 19.2. The molecule has 3 rings (SSSR count). The fourth-order valence-corrected chi connectivity index (χ4v) is 3.74.